The molecule has 3 heteroatoms. The van der Waals surface area contributed by atoms with E-state index in [1.165, 1.54) is 0 Å². The van der Waals surface area contributed by atoms with E-state index in [-0.39, 0.29) is 5.56 Å². The van der Waals surface area contributed by atoms with Crippen LogP contribution in [0.1, 0.15) is 17.1 Å². The summed E-state index contributed by atoms with van der Waals surface area (Å²) < 4.78 is 0. The van der Waals surface area contributed by atoms with Crippen LogP contribution in [-0.4, -0.2) is 9.97 Å². The molecule has 0 atom stereocenters. The second-order valence-corrected chi connectivity index (χ2v) is 5.02. The first-order valence-electron chi connectivity index (χ1n) is 7.13. The van der Waals surface area contributed by atoms with Crippen LogP contribution in [0, 0.1) is 6.92 Å². The van der Waals surface area contributed by atoms with Gasteiger partial charge >= 0.3 is 0 Å². The Morgan fingerprint density at radius 1 is 0.909 bits per heavy atom. The first-order chi connectivity index (χ1) is 10.7. The summed E-state index contributed by atoms with van der Waals surface area (Å²) in [6, 6.07) is 19.5. The molecular weight excluding hydrogens is 272 g/mol. The fourth-order valence-electron chi connectivity index (χ4n) is 2.37. The van der Waals surface area contributed by atoms with Gasteiger partial charge in [-0.3, -0.25) is 4.79 Å². The minimum absolute atomic E-state index is 0.119. The van der Waals surface area contributed by atoms with Crippen molar-refractivity contribution in [3.63, 3.8) is 0 Å². The molecule has 22 heavy (non-hydrogen) atoms. The van der Waals surface area contributed by atoms with Crippen molar-refractivity contribution in [1.82, 2.24) is 9.97 Å². The van der Waals surface area contributed by atoms with Crippen LogP contribution in [0.25, 0.3) is 23.3 Å². The van der Waals surface area contributed by atoms with Crippen LogP contribution in [0.2, 0.25) is 0 Å². The van der Waals surface area contributed by atoms with Gasteiger partial charge in [0, 0.05) is 0 Å². The van der Waals surface area contributed by atoms with Crippen molar-refractivity contribution in [2.75, 3.05) is 0 Å². The number of nitrogens with zero attached hydrogens (tertiary/aromatic N) is 1. The highest BCUT2D eigenvalue weighted by atomic mass is 16.1. The number of hydrogen-bond donors (Lipinski definition) is 1. The number of benzene rings is 2. The van der Waals surface area contributed by atoms with Gasteiger partial charge in [-0.05, 0) is 24.1 Å². The first kappa shape index (κ1) is 14.0. The van der Waals surface area contributed by atoms with E-state index < -0.39 is 0 Å². The SMILES string of the molecule is Cc1nc(/C=C/c2ccccc2)[nH]c(=O)c1-c1ccccc1. The van der Waals surface area contributed by atoms with Gasteiger partial charge in [-0.2, -0.15) is 0 Å². The Hall–Kier alpha value is -2.94. The van der Waals surface area contributed by atoms with Crippen molar-refractivity contribution >= 4 is 12.2 Å². The number of aromatic amines is 1. The number of hydrogen-bond acceptors (Lipinski definition) is 2. The zero-order chi connectivity index (χ0) is 15.4. The summed E-state index contributed by atoms with van der Waals surface area (Å²) in [5, 5.41) is 0. The maximum absolute atomic E-state index is 12.3. The van der Waals surface area contributed by atoms with Crippen molar-refractivity contribution in [3.8, 4) is 11.1 Å². The molecule has 3 rings (SSSR count). The van der Waals surface area contributed by atoms with E-state index in [1.807, 2.05) is 79.7 Å². The topological polar surface area (TPSA) is 45.8 Å². The van der Waals surface area contributed by atoms with Gasteiger partial charge in [-0.15, -0.1) is 0 Å². The number of rotatable bonds is 3. The molecule has 0 amide bonds. The van der Waals surface area contributed by atoms with Crippen LogP contribution in [0.5, 0.6) is 0 Å². The summed E-state index contributed by atoms with van der Waals surface area (Å²) in [5.74, 6) is 0.561. The molecule has 2 aromatic carbocycles. The molecule has 108 valence electrons. The van der Waals surface area contributed by atoms with Gasteiger partial charge in [0.1, 0.15) is 5.82 Å². The Labute approximate surface area is 129 Å². The molecule has 0 bridgehead atoms. The zero-order valence-electron chi connectivity index (χ0n) is 12.3. The Morgan fingerprint density at radius 2 is 1.55 bits per heavy atom. The summed E-state index contributed by atoms with van der Waals surface area (Å²) in [7, 11) is 0. The molecule has 3 aromatic rings. The van der Waals surface area contributed by atoms with Crippen molar-refractivity contribution in [2.24, 2.45) is 0 Å². The van der Waals surface area contributed by atoms with Crippen molar-refractivity contribution in [1.29, 1.82) is 0 Å². The zero-order valence-corrected chi connectivity index (χ0v) is 12.3. The maximum Gasteiger partial charge on any atom is 0.259 e. The van der Waals surface area contributed by atoms with Crippen LogP contribution in [0.3, 0.4) is 0 Å². The smallest absolute Gasteiger partial charge is 0.259 e. The van der Waals surface area contributed by atoms with Gasteiger partial charge in [0.2, 0.25) is 0 Å². The van der Waals surface area contributed by atoms with E-state index in [0.29, 0.717) is 11.4 Å². The Balaban J connectivity index is 1.97. The Kier molecular flexibility index (Phi) is 3.97. The third-order valence-corrected chi connectivity index (χ3v) is 3.41. The molecule has 0 saturated heterocycles. The highest BCUT2D eigenvalue weighted by Gasteiger charge is 2.08. The fraction of sp³-hybridized carbons (Fsp3) is 0.0526. The molecule has 1 N–H and O–H groups in total. The van der Waals surface area contributed by atoms with Crippen LogP contribution in [0.15, 0.2) is 65.5 Å². The van der Waals surface area contributed by atoms with E-state index in [0.717, 1.165) is 16.8 Å². The first-order valence-corrected chi connectivity index (χ1v) is 7.13. The summed E-state index contributed by atoms with van der Waals surface area (Å²) in [5.41, 5.74) is 3.17. The van der Waals surface area contributed by atoms with Crippen molar-refractivity contribution in [2.45, 2.75) is 6.92 Å². The second kappa shape index (κ2) is 6.22. The molecule has 1 heterocycles. The number of nitrogens with one attached hydrogen (secondary N) is 1. The van der Waals surface area contributed by atoms with Gasteiger partial charge in [-0.25, -0.2) is 4.98 Å². The summed E-state index contributed by atoms with van der Waals surface area (Å²) in [6.45, 7) is 1.86. The van der Waals surface area contributed by atoms with Gasteiger partial charge in [0.25, 0.3) is 5.56 Å². The van der Waals surface area contributed by atoms with Crippen LogP contribution >= 0.6 is 0 Å². The molecular formula is C19H16N2O. The van der Waals surface area contributed by atoms with E-state index in [1.54, 1.807) is 0 Å². The van der Waals surface area contributed by atoms with E-state index in [2.05, 4.69) is 9.97 Å². The molecule has 0 aliphatic rings. The van der Waals surface area contributed by atoms with Crippen LogP contribution in [-0.2, 0) is 0 Å². The lowest BCUT2D eigenvalue weighted by Crippen LogP contribution is -2.14. The number of aryl methyl sites for hydroxylation is 1. The Morgan fingerprint density at radius 3 is 2.18 bits per heavy atom. The van der Waals surface area contributed by atoms with E-state index in [9.17, 15) is 4.79 Å². The fourth-order valence-corrected chi connectivity index (χ4v) is 2.37. The van der Waals surface area contributed by atoms with Gasteiger partial charge < -0.3 is 4.98 Å². The Bertz CT molecular complexity index is 850. The van der Waals surface area contributed by atoms with E-state index >= 15 is 0 Å². The molecule has 0 fully saturated rings. The molecule has 3 nitrogen and oxygen atoms in total. The highest BCUT2D eigenvalue weighted by Crippen LogP contribution is 2.17. The molecule has 0 unspecified atom stereocenters. The molecule has 0 spiro atoms. The second-order valence-electron chi connectivity index (χ2n) is 5.02. The molecule has 0 saturated carbocycles. The van der Waals surface area contributed by atoms with Crippen LogP contribution in [0.4, 0.5) is 0 Å². The standard InChI is InChI=1S/C19H16N2O/c1-14-18(16-10-6-3-7-11-16)19(22)21-17(20-14)13-12-15-8-4-2-5-9-15/h2-13H,1H3,(H,20,21,22)/b13-12+. The number of aromatic nitrogens is 2. The lowest BCUT2D eigenvalue weighted by atomic mass is 10.1. The van der Waals surface area contributed by atoms with Crippen molar-refractivity contribution < 1.29 is 0 Å². The minimum Gasteiger partial charge on any atom is -0.306 e. The summed E-state index contributed by atoms with van der Waals surface area (Å²) in [4.78, 5) is 19.7. The third kappa shape index (κ3) is 3.04. The molecule has 1 aromatic heterocycles. The van der Waals surface area contributed by atoms with Gasteiger partial charge in [0.05, 0.1) is 11.3 Å². The number of H-pyrrole nitrogens is 1. The van der Waals surface area contributed by atoms with Gasteiger partial charge in [-0.1, -0.05) is 66.7 Å². The lowest BCUT2D eigenvalue weighted by molar-refractivity contribution is 1.05. The van der Waals surface area contributed by atoms with Gasteiger partial charge in [0.15, 0.2) is 0 Å². The van der Waals surface area contributed by atoms with E-state index in [4.69, 9.17) is 0 Å². The third-order valence-electron chi connectivity index (χ3n) is 3.41. The van der Waals surface area contributed by atoms with Crippen LogP contribution < -0.4 is 5.56 Å². The average Bonchev–Trinajstić information content (AvgIpc) is 2.54. The molecule has 0 aliphatic heterocycles. The highest BCUT2D eigenvalue weighted by molar-refractivity contribution is 5.69. The van der Waals surface area contributed by atoms with Crippen molar-refractivity contribution in [3.05, 3.63) is 88.1 Å². The normalized spacial score (nSPS) is 11.0. The molecule has 0 radical (unpaired) electrons. The monoisotopic (exact) mass is 288 g/mol. The predicted molar refractivity (Wildman–Crippen MR) is 90.4 cm³/mol. The summed E-state index contributed by atoms with van der Waals surface area (Å²) in [6.07, 6.45) is 3.75. The maximum atomic E-state index is 12.3. The lowest BCUT2D eigenvalue weighted by Gasteiger charge is -2.05. The molecule has 0 aliphatic carbocycles. The average molecular weight is 288 g/mol. The predicted octanol–water partition coefficient (Wildman–Crippen LogP) is 3.92. The quantitative estimate of drug-likeness (QED) is 0.794. The minimum atomic E-state index is -0.119. The largest absolute Gasteiger partial charge is 0.306 e. The summed E-state index contributed by atoms with van der Waals surface area (Å²) >= 11 is 0.